The average Bonchev–Trinajstić information content (AvgIpc) is 3.31. The van der Waals surface area contributed by atoms with Crippen LogP contribution >= 0.6 is 11.3 Å². The number of aryl methyl sites for hydroxylation is 1. The summed E-state index contributed by atoms with van der Waals surface area (Å²) >= 11 is 1.63. The van der Waals surface area contributed by atoms with E-state index in [1.165, 1.54) is 30.4 Å². The molecule has 0 amide bonds. The van der Waals surface area contributed by atoms with Gasteiger partial charge in [0.05, 0.1) is 24.9 Å². The molecule has 1 atom stereocenters. The molecule has 0 radical (unpaired) electrons. The first-order valence-corrected chi connectivity index (χ1v) is 12.8. The number of hydrogen-bond donors (Lipinski definition) is 1. The van der Waals surface area contributed by atoms with Gasteiger partial charge in [0.25, 0.3) is 0 Å². The molecular weight excluding hydrogens is 446 g/mol. The Labute approximate surface area is 206 Å². The number of ether oxygens (including phenoxy) is 3. The number of methoxy groups -OCH3 is 2. The van der Waals surface area contributed by atoms with Gasteiger partial charge in [0.1, 0.15) is 12.4 Å². The standard InChI is InChI=1S/C27H35N3O3S/c1-20-29-23(19-34-20)18-33-26-12-7-21(15-27(26)32-3)16-28-17-25(30-13-5-4-6-14-30)22-8-10-24(31-2)11-9-22/h7-12,15,19,25,28H,4-6,13-14,16-18H2,1-3H3/t25-/m0/s1. The Hall–Kier alpha value is -2.61. The maximum atomic E-state index is 5.96. The largest absolute Gasteiger partial charge is 0.497 e. The predicted octanol–water partition coefficient (Wildman–Crippen LogP) is 5.36. The molecule has 1 aliphatic rings. The summed E-state index contributed by atoms with van der Waals surface area (Å²) in [6.45, 7) is 6.39. The van der Waals surface area contributed by atoms with Gasteiger partial charge >= 0.3 is 0 Å². The van der Waals surface area contributed by atoms with Crippen LogP contribution in [0.15, 0.2) is 47.8 Å². The van der Waals surface area contributed by atoms with E-state index in [0.717, 1.165) is 54.1 Å². The van der Waals surface area contributed by atoms with Crippen molar-refractivity contribution >= 4 is 11.3 Å². The predicted molar refractivity (Wildman–Crippen MR) is 137 cm³/mol. The summed E-state index contributed by atoms with van der Waals surface area (Å²) in [4.78, 5) is 7.07. The lowest BCUT2D eigenvalue weighted by Crippen LogP contribution is -2.39. The van der Waals surface area contributed by atoms with Crippen LogP contribution in [0.5, 0.6) is 17.2 Å². The lowest BCUT2D eigenvalue weighted by Gasteiger charge is -2.35. The molecule has 0 spiro atoms. The number of benzene rings is 2. The molecule has 2 heterocycles. The Kier molecular flexibility index (Phi) is 8.79. The first-order valence-electron chi connectivity index (χ1n) is 12.0. The molecule has 1 aromatic heterocycles. The van der Waals surface area contributed by atoms with E-state index in [-0.39, 0.29) is 0 Å². The van der Waals surface area contributed by atoms with E-state index in [1.807, 2.05) is 18.4 Å². The van der Waals surface area contributed by atoms with Gasteiger partial charge in [-0.05, 0) is 68.2 Å². The van der Waals surface area contributed by atoms with E-state index < -0.39 is 0 Å². The summed E-state index contributed by atoms with van der Waals surface area (Å²) in [6, 6.07) is 15.0. The average molecular weight is 482 g/mol. The van der Waals surface area contributed by atoms with Crippen molar-refractivity contribution < 1.29 is 14.2 Å². The number of nitrogens with zero attached hydrogens (tertiary/aromatic N) is 2. The molecule has 1 saturated heterocycles. The van der Waals surface area contributed by atoms with Crippen molar-refractivity contribution in [2.45, 2.75) is 45.4 Å². The lowest BCUT2D eigenvalue weighted by atomic mass is 10.0. The molecule has 0 bridgehead atoms. The summed E-state index contributed by atoms with van der Waals surface area (Å²) in [5.41, 5.74) is 3.44. The molecule has 182 valence electrons. The van der Waals surface area contributed by atoms with Gasteiger partial charge < -0.3 is 19.5 Å². The van der Waals surface area contributed by atoms with E-state index in [0.29, 0.717) is 12.6 Å². The zero-order valence-electron chi connectivity index (χ0n) is 20.4. The fraction of sp³-hybridized carbons (Fsp3) is 0.444. The molecule has 2 aromatic carbocycles. The van der Waals surface area contributed by atoms with Crippen LogP contribution in [0.2, 0.25) is 0 Å². The van der Waals surface area contributed by atoms with Crippen molar-refractivity contribution in [1.82, 2.24) is 15.2 Å². The maximum absolute atomic E-state index is 5.96. The summed E-state index contributed by atoms with van der Waals surface area (Å²) in [5.74, 6) is 2.38. The Bertz CT molecular complexity index is 1030. The molecule has 4 rings (SSSR count). The van der Waals surface area contributed by atoms with Crippen molar-refractivity contribution in [3.63, 3.8) is 0 Å². The molecule has 0 unspecified atom stereocenters. The topological polar surface area (TPSA) is 55.9 Å². The highest BCUT2D eigenvalue weighted by Crippen LogP contribution is 2.30. The fourth-order valence-electron chi connectivity index (χ4n) is 4.43. The second-order valence-corrected chi connectivity index (χ2v) is 9.71. The van der Waals surface area contributed by atoms with Gasteiger partial charge in [-0.25, -0.2) is 4.98 Å². The molecule has 7 heteroatoms. The van der Waals surface area contributed by atoms with Crippen LogP contribution in [0.3, 0.4) is 0 Å². The van der Waals surface area contributed by atoms with Gasteiger partial charge in [-0.3, -0.25) is 4.90 Å². The van der Waals surface area contributed by atoms with Crippen molar-refractivity contribution in [2.24, 2.45) is 0 Å². The normalized spacial score (nSPS) is 15.1. The highest BCUT2D eigenvalue weighted by atomic mass is 32.1. The van der Waals surface area contributed by atoms with Gasteiger partial charge in [0, 0.05) is 24.5 Å². The first kappa shape index (κ1) is 24.5. The Balaban J connectivity index is 1.38. The van der Waals surface area contributed by atoms with E-state index >= 15 is 0 Å². The lowest BCUT2D eigenvalue weighted by molar-refractivity contribution is 0.160. The van der Waals surface area contributed by atoms with Gasteiger partial charge in [-0.1, -0.05) is 24.6 Å². The van der Waals surface area contributed by atoms with Crippen molar-refractivity contribution in [3.05, 3.63) is 69.7 Å². The smallest absolute Gasteiger partial charge is 0.161 e. The van der Waals surface area contributed by atoms with Crippen LogP contribution in [-0.2, 0) is 13.2 Å². The van der Waals surface area contributed by atoms with Gasteiger partial charge in [0.15, 0.2) is 11.5 Å². The summed E-state index contributed by atoms with van der Waals surface area (Å²) in [5, 5.41) is 6.75. The van der Waals surface area contributed by atoms with Crippen LogP contribution in [0.4, 0.5) is 0 Å². The number of hydrogen-bond acceptors (Lipinski definition) is 7. The second kappa shape index (κ2) is 12.2. The van der Waals surface area contributed by atoms with E-state index in [9.17, 15) is 0 Å². The highest BCUT2D eigenvalue weighted by molar-refractivity contribution is 7.09. The van der Waals surface area contributed by atoms with Gasteiger partial charge in [0.2, 0.25) is 0 Å². The molecule has 0 aliphatic carbocycles. The molecule has 0 saturated carbocycles. The number of likely N-dealkylation sites (tertiary alicyclic amines) is 1. The zero-order chi connectivity index (χ0) is 23.8. The SMILES string of the molecule is COc1ccc([C@H](CNCc2ccc(OCc3csc(C)n3)c(OC)c2)N2CCCCC2)cc1. The number of rotatable bonds is 11. The minimum atomic E-state index is 0.345. The molecule has 3 aromatic rings. The van der Waals surface area contributed by atoms with Crippen molar-refractivity contribution in [1.29, 1.82) is 0 Å². The van der Waals surface area contributed by atoms with E-state index in [1.54, 1.807) is 25.6 Å². The molecule has 1 fully saturated rings. The summed E-state index contributed by atoms with van der Waals surface area (Å²) in [6.07, 6.45) is 3.87. The van der Waals surface area contributed by atoms with Crippen LogP contribution < -0.4 is 19.5 Å². The van der Waals surface area contributed by atoms with Crippen molar-refractivity contribution in [2.75, 3.05) is 33.9 Å². The Morgan fingerprint density at radius 3 is 2.47 bits per heavy atom. The summed E-state index contributed by atoms with van der Waals surface area (Å²) < 4.78 is 16.9. The molecule has 1 aliphatic heterocycles. The third kappa shape index (κ3) is 6.50. The summed E-state index contributed by atoms with van der Waals surface area (Å²) in [7, 11) is 3.39. The third-order valence-electron chi connectivity index (χ3n) is 6.27. The quantitative estimate of drug-likeness (QED) is 0.398. The number of aromatic nitrogens is 1. The maximum Gasteiger partial charge on any atom is 0.161 e. The molecule has 6 nitrogen and oxygen atoms in total. The minimum Gasteiger partial charge on any atom is -0.497 e. The minimum absolute atomic E-state index is 0.345. The first-order chi connectivity index (χ1) is 16.7. The third-order valence-corrected chi connectivity index (χ3v) is 7.09. The van der Waals surface area contributed by atoms with Crippen LogP contribution in [0, 0.1) is 6.92 Å². The fourth-order valence-corrected chi connectivity index (χ4v) is 5.03. The van der Waals surface area contributed by atoms with Crippen LogP contribution in [0.1, 0.15) is 47.1 Å². The van der Waals surface area contributed by atoms with Gasteiger partial charge in [-0.15, -0.1) is 11.3 Å². The number of nitrogens with one attached hydrogen (secondary N) is 1. The van der Waals surface area contributed by atoms with Crippen molar-refractivity contribution in [3.8, 4) is 17.2 Å². The monoisotopic (exact) mass is 481 g/mol. The van der Waals surface area contributed by atoms with E-state index in [2.05, 4.69) is 51.6 Å². The number of piperidine rings is 1. The molecule has 34 heavy (non-hydrogen) atoms. The molecular formula is C27H35N3O3S. The number of thiazole rings is 1. The van der Waals surface area contributed by atoms with E-state index in [4.69, 9.17) is 14.2 Å². The highest BCUT2D eigenvalue weighted by Gasteiger charge is 2.22. The molecule has 1 N–H and O–H groups in total. The Morgan fingerprint density at radius 2 is 1.79 bits per heavy atom. The zero-order valence-corrected chi connectivity index (χ0v) is 21.2. The second-order valence-electron chi connectivity index (χ2n) is 8.65. The Morgan fingerprint density at radius 1 is 1.00 bits per heavy atom. The van der Waals surface area contributed by atoms with Gasteiger partial charge in [-0.2, -0.15) is 0 Å². The van der Waals surface area contributed by atoms with Crippen LogP contribution in [-0.4, -0.2) is 43.7 Å². The van der Waals surface area contributed by atoms with Crippen LogP contribution in [0.25, 0.3) is 0 Å².